The van der Waals surface area contributed by atoms with Gasteiger partial charge >= 0.3 is 0 Å². The second-order valence-corrected chi connectivity index (χ2v) is 9.26. The highest BCUT2D eigenvalue weighted by Crippen LogP contribution is 2.41. The molecule has 176 valence electrons. The van der Waals surface area contributed by atoms with Gasteiger partial charge in [0.2, 0.25) is 0 Å². The van der Waals surface area contributed by atoms with Crippen LogP contribution in [0.4, 0.5) is 13.2 Å². The largest absolute Gasteiger partial charge is 0.346 e. The monoisotopic (exact) mass is 473 g/mol. The Bertz CT molecular complexity index is 1690. The van der Waals surface area contributed by atoms with E-state index in [0.29, 0.717) is 17.5 Å². The third kappa shape index (κ3) is 3.07. The highest BCUT2D eigenvalue weighted by atomic mass is 19.2. The first-order chi connectivity index (χ1) is 16.8. The number of rotatable bonds is 2. The molecule has 35 heavy (non-hydrogen) atoms. The van der Waals surface area contributed by atoms with Crippen LogP contribution in [0.2, 0.25) is 0 Å². The fourth-order valence-electron chi connectivity index (χ4n) is 5.45. The number of carbonyl (C=O) groups is 1. The molecule has 0 saturated heterocycles. The van der Waals surface area contributed by atoms with Crippen molar-refractivity contribution in [3.63, 3.8) is 0 Å². The molecule has 0 fully saturated rings. The maximum absolute atomic E-state index is 13.9. The molecule has 1 aliphatic heterocycles. The Balaban J connectivity index is 1.62. The predicted molar refractivity (Wildman–Crippen MR) is 129 cm³/mol. The summed E-state index contributed by atoms with van der Waals surface area (Å²) in [6, 6.07) is 9.44. The van der Waals surface area contributed by atoms with E-state index in [1.165, 1.54) is 5.56 Å². The molecular formula is C28H22F3N3O. The molecule has 4 nitrogen and oxygen atoms in total. The molecule has 0 spiro atoms. The molecule has 0 N–H and O–H groups in total. The minimum atomic E-state index is -1.58. The standard InChI is InChI=1S/C28H22F3N3O/c1-14-10-23-26(32-15(2)33(23)3)18-8-5-9-34-13-20(17-6-4-7-19(24(14)18)27(17)34)28(35)16-11-21(29)25(31)22(30)12-16/h4,6-7,10-13H,5,8-9H2,1-3H3. The van der Waals surface area contributed by atoms with Gasteiger partial charge in [-0.3, -0.25) is 4.79 Å². The highest BCUT2D eigenvalue weighted by Gasteiger charge is 2.25. The Labute approximate surface area is 199 Å². The minimum Gasteiger partial charge on any atom is -0.346 e. The summed E-state index contributed by atoms with van der Waals surface area (Å²) in [6.45, 7) is 4.76. The molecule has 5 aromatic rings. The first-order valence-electron chi connectivity index (χ1n) is 11.5. The molecule has 6 rings (SSSR count). The Morgan fingerprint density at radius 3 is 2.54 bits per heavy atom. The zero-order valence-corrected chi connectivity index (χ0v) is 19.5. The first-order valence-corrected chi connectivity index (χ1v) is 11.5. The summed E-state index contributed by atoms with van der Waals surface area (Å²) >= 11 is 0. The average molecular weight is 473 g/mol. The summed E-state index contributed by atoms with van der Waals surface area (Å²) < 4.78 is 45.4. The molecule has 0 radical (unpaired) electrons. The number of aromatic nitrogens is 3. The Morgan fingerprint density at radius 1 is 1.06 bits per heavy atom. The van der Waals surface area contributed by atoms with Gasteiger partial charge in [0.05, 0.1) is 16.6 Å². The summed E-state index contributed by atoms with van der Waals surface area (Å²) in [5.74, 6) is -3.94. The first kappa shape index (κ1) is 21.6. The maximum Gasteiger partial charge on any atom is 0.195 e. The maximum atomic E-state index is 13.9. The van der Waals surface area contributed by atoms with Crippen LogP contribution in [0.5, 0.6) is 0 Å². The quantitative estimate of drug-likeness (QED) is 0.220. The molecule has 7 heteroatoms. The van der Waals surface area contributed by atoms with Gasteiger partial charge in [0, 0.05) is 41.9 Å². The van der Waals surface area contributed by atoms with E-state index >= 15 is 0 Å². The Kier molecular flexibility index (Phi) is 4.68. The van der Waals surface area contributed by atoms with Crippen LogP contribution in [0.25, 0.3) is 33.1 Å². The number of benzene rings is 3. The van der Waals surface area contributed by atoms with Crippen molar-refractivity contribution in [2.24, 2.45) is 7.05 Å². The van der Waals surface area contributed by atoms with Crippen LogP contribution in [0.1, 0.15) is 39.3 Å². The number of hydrogen-bond acceptors (Lipinski definition) is 2. The molecule has 0 bridgehead atoms. The van der Waals surface area contributed by atoms with E-state index in [9.17, 15) is 18.0 Å². The normalized spacial score (nSPS) is 13.2. The molecule has 0 amide bonds. The number of halogens is 3. The van der Waals surface area contributed by atoms with Gasteiger partial charge in [-0.25, -0.2) is 18.2 Å². The van der Waals surface area contributed by atoms with Gasteiger partial charge in [0.1, 0.15) is 5.82 Å². The molecule has 3 heterocycles. The second kappa shape index (κ2) is 7.57. The zero-order chi connectivity index (χ0) is 24.6. The third-order valence-electron chi connectivity index (χ3n) is 7.18. The molecule has 3 aromatic carbocycles. The topological polar surface area (TPSA) is 39.8 Å². The van der Waals surface area contributed by atoms with Crippen LogP contribution in [0, 0.1) is 31.3 Å². The summed E-state index contributed by atoms with van der Waals surface area (Å²) in [5.41, 5.74) is 7.52. The number of nitrogens with zero attached hydrogens (tertiary/aromatic N) is 3. The number of fused-ring (bicyclic) bond motifs is 4. The predicted octanol–water partition coefficient (Wildman–Crippen LogP) is 6.41. The number of para-hydroxylation sites is 1. The van der Waals surface area contributed by atoms with Crippen molar-refractivity contribution < 1.29 is 18.0 Å². The van der Waals surface area contributed by atoms with Gasteiger partial charge in [0.25, 0.3) is 0 Å². The van der Waals surface area contributed by atoms with E-state index in [2.05, 4.69) is 17.6 Å². The number of aryl methyl sites for hydroxylation is 5. The van der Waals surface area contributed by atoms with Crippen LogP contribution >= 0.6 is 0 Å². The summed E-state index contributed by atoms with van der Waals surface area (Å²) in [5, 5.41) is 0.696. The Hall–Kier alpha value is -3.87. The number of carbonyl (C=O) groups excluding carboxylic acids is 1. The minimum absolute atomic E-state index is 0.219. The highest BCUT2D eigenvalue weighted by molar-refractivity contribution is 6.18. The van der Waals surface area contributed by atoms with Gasteiger partial charge < -0.3 is 9.13 Å². The summed E-state index contributed by atoms with van der Waals surface area (Å²) in [4.78, 5) is 18.2. The summed E-state index contributed by atoms with van der Waals surface area (Å²) in [6.07, 6.45) is 3.42. The van der Waals surface area contributed by atoms with Crippen LogP contribution in [-0.2, 0) is 20.0 Å². The number of hydrogen-bond donors (Lipinski definition) is 0. The van der Waals surface area contributed by atoms with Gasteiger partial charge in [0.15, 0.2) is 23.2 Å². The summed E-state index contributed by atoms with van der Waals surface area (Å²) in [7, 11) is 2.02. The van der Waals surface area contributed by atoms with Crippen molar-refractivity contribution in [3.8, 4) is 11.1 Å². The van der Waals surface area contributed by atoms with E-state index in [0.717, 1.165) is 64.0 Å². The number of imidazole rings is 1. The van der Waals surface area contributed by atoms with Crippen LogP contribution in [0.15, 0.2) is 42.6 Å². The van der Waals surface area contributed by atoms with Gasteiger partial charge in [-0.15, -0.1) is 0 Å². The fraction of sp³-hybridized carbons (Fsp3) is 0.214. The molecule has 1 aliphatic rings. The van der Waals surface area contributed by atoms with Crippen molar-refractivity contribution in [2.75, 3.05) is 0 Å². The lowest BCUT2D eigenvalue weighted by Gasteiger charge is -2.20. The molecule has 0 atom stereocenters. The lowest BCUT2D eigenvalue weighted by atomic mass is 9.89. The van der Waals surface area contributed by atoms with E-state index in [4.69, 9.17) is 4.98 Å². The average Bonchev–Trinajstić information content (AvgIpc) is 3.33. The molecule has 0 saturated carbocycles. The molecule has 0 unspecified atom stereocenters. The third-order valence-corrected chi connectivity index (χ3v) is 7.18. The van der Waals surface area contributed by atoms with Crippen molar-refractivity contribution in [1.29, 1.82) is 0 Å². The Morgan fingerprint density at radius 2 is 1.80 bits per heavy atom. The van der Waals surface area contributed by atoms with Gasteiger partial charge in [-0.1, -0.05) is 18.2 Å². The van der Waals surface area contributed by atoms with Crippen molar-refractivity contribution in [2.45, 2.75) is 33.2 Å². The SMILES string of the molecule is Cc1cc2c(nc(C)n2C)c2c1-c1cccc3c(C(=O)c4cc(F)c(F)c(F)c4)cn(c13)CCC2. The number of ketones is 1. The smallest absolute Gasteiger partial charge is 0.195 e. The van der Waals surface area contributed by atoms with Crippen LogP contribution < -0.4 is 0 Å². The second-order valence-electron chi connectivity index (χ2n) is 9.26. The van der Waals surface area contributed by atoms with Crippen LogP contribution in [0.3, 0.4) is 0 Å². The molecule has 0 aliphatic carbocycles. The van der Waals surface area contributed by atoms with Gasteiger partial charge in [-0.2, -0.15) is 0 Å². The van der Waals surface area contributed by atoms with E-state index in [-0.39, 0.29) is 5.56 Å². The van der Waals surface area contributed by atoms with Crippen molar-refractivity contribution in [1.82, 2.24) is 14.1 Å². The van der Waals surface area contributed by atoms with E-state index in [1.807, 2.05) is 36.7 Å². The van der Waals surface area contributed by atoms with Crippen LogP contribution in [-0.4, -0.2) is 19.9 Å². The molecular weight excluding hydrogens is 451 g/mol. The van der Waals surface area contributed by atoms with Gasteiger partial charge in [-0.05, 0) is 61.6 Å². The lowest BCUT2D eigenvalue weighted by molar-refractivity contribution is 0.103. The van der Waals surface area contributed by atoms with Crippen molar-refractivity contribution >= 4 is 27.7 Å². The zero-order valence-electron chi connectivity index (χ0n) is 19.5. The fourth-order valence-corrected chi connectivity index (χ4v) is 5.45. The molecule has 2 aromatic heterocycles. The van der Waals surface area contributed by atoms with E-state index < -0.39 is 23.2 Å². The lowest BCUT2D eigenvalue weighted by Crippen LogP contribution is -2.06. The van der Waals surface area contributed by atoms with E-state index in [1.54, 1.807) is 6.20 Å². The van der Waals surface area contributed by atoms with Crippen molar-refractivity contribution in [3.05, 3.63) is 88.1 Å².